The molecule has 2 rings (SSSR count). The number of aryl methyl sites for hydroxylation is 1. The van der Waals surface area contributed by atoms with E-state index in [1.807, 2.05) is 20.8 Å². The third-order valence-corrected chi connectivity index (χ3v) is 3.44. The van der Waals surface area contributed by atoms with Crippen LogP contribution in [0.25, 0.3) is 0 Å². The van der Waals surface area contributed by atoms with Gasteiger partial charge in [0.2, 0.25) is 0 Å². The predicted molar refractivity (Wildman–Crippen MR) is 74.8 cm³/mol. The van der Waals surface area contributed by atoms with Crippen LogP contribution in [0.3, 0.4) is 0 Å². The molecule has 0 amide bonds. The number of hydrogen-bond donors (Lipinski definition) is 1. The van der Waals surface area contributed by atoms with Crippen LogP contribution in [0.2, 0.25) is 5.02 Å². The molecule has 0 bridgehead atoms. The first kappa shape index (κ1) is 14.0. The van der Waals surface area contributed by atoms with Crippen molar-refractivity contribution in [2.45, 2.75) is 32.9 Å². The molecule has 1 heterocycles. The van der Waals surface area contributed by atoms with E-state index in [9.17, 15) is 4.39 Å². The Morgan fingerprint density at radius 3 is 2.68 bits per heavy atom. The van der Waals surface area contributed by atoms with Crippen molar-refractivity contribution in [2.75, 3.05) is 0 Å². The standard InChI is InChI=1S/C14H17ClFN3/c1-8(2)19-14(12(15)7-18-19)13(17)11-6-10(16)5-4-9(11)3/h4-8,13H,17H2,1-3H3. The minimum Gasteiger partial charge on any atom is -0.319 e. The quantitative estimate of drug-likeness (QED) is 0.934. The van der Waals surface area contributed by atoms with Crippen LogP contribution >= 0.6 is 11.6 Å². The van der Waals surface area contributed by atoms with Gasteiger partial charge in [-0.25, -0.2) is 4.39 Å². The minimum atomic E-state index is -0.493. The van der Waals surface area contributed by atoms with E-state index in [4.69, 9.17) is 17.3 Å². The second-order valence-corrected chi connectivity index (χ2v) is 5.30. The third-order valence-electron chi connectivity index (χ3n) is 3.15. The predicted octanol–water partition coefficient (Wildman–Crippen LogP) is 3.61. The zero-order valence-electron chi connectivity index (χ0n) is 11.2. The fourth-order valence-corrected chi connectivity index (χ4v) is 2.39. The number of nitrogens with zero attached hydrogens (tertiary/aromatic N) is 2. The van der Waals surface area contributed by atoms with Crippen LogP contribution in [0.1, 0.15) is 42.8 Å². The number of benzene rings is 1. The molecule has 5 heteroatoms. The molecule has 0 saturated heterocycles. The normalized spacial score (nSPS) is 13.0. The molecule has 0 spiro atoms. The summed E-state index contributed by atoms with van der Waals surface area (Å²) in [6.45, 7) is 5.90. The van der Waals surface area contributed by atoms with Crippen molar-refractivity contribution in [1.82, 2.24) is 9.78 Å². The summed E-state index contributed by atoms with van der Waals surface area (Å²) >= 11 is 6.17. The van der Waals surface area contributed by atoms with Crippen LogP contribution in [0.5, 0.6) is 0 Å². The Hall–Kier alpha value is -1.39. The van der Waals surface area contributed by atoms with E-state index in [-0.39, 0.29) is 11.9 Å². The highest BCUT2D eigenvalue weighted by molar-refractivity contribution is 6.31. The Labute approximate surface area is 117 Å². The minimum absolute atomic E-state index is 0.141. The van der Waals surface area contributed by atoms with E-state index < -0.39 is 6.04 Å². The van der Waals surface area contributed by atoms with E-state index in [0.29, 0.717) is 10.7 Å². The van der Waals surface area contributed by atoms with E-state index in [2.05, 4.69) is 5.10 Å². The molecule has 0 aliphatic carbocycles. The summed E-state index contributed by atoms with van der Waals surface area (Å²) in [5.41, 5.74) is 8.63. The number of aromatic nitrogens is 2. The van der Waals surface area contributed by atoms with E-state index in [0.717, 1.165) is 11.1 Å². The Morgan fingerprint density at radius 2 is 2.05 bits per heavy atom. The molecule has 1 atom stereocenters. The average Bonchev–Trinajstić information content (AvgIpc) is 2.73. The van der Waals surface area contributed by atoms with E-state index in [1.165, 1.54) is 12.1 Å². The van der Waals surface area contributed by atoms with Crippen molar-refractivity contribution >= 4 is 11.6 Å². The fraction of sp³-hybridized carbons (Fsp3) is 0.357. The van der Waals surface area contributed by atoms with Crippen molar-refractivity contribution in [3.05, 3.63) is 52.1 Å². The van der Waals surface area contributed by atoms with Crippen LogP contribution in [0, 0.1) is 12.7 Å². The molecular weight excluding hydrogens is 265 g/mol. The lowest BCUT2D eigenvalue weighted by Gasteiger charge is -2.19. The molecule has 0 fully saturated rings. The molecule has 0 radical (unpaired) electrons. The lowest BCUT2D eigenvalue weighted by molar-refractivity contribution is 0.498. The molecule has 0 aliphatic heterocycles. The van der Waals surface area contributed by atoms with Crippen molar-refractivity contribution in [2.24, 2.45) is 5.73 Å². The molecule has 2 N–H and O–H groups in total. The monoisotopic (exact) mass is 281 g/mol. The van der Waals surface area contributed by atoms with Crippen molar-refractivity contribution in [3.8, 4) is 0 Å². The third kappa shape index (κ3) is 2.65. The smallest absolute Gasteiger partial charge is 0.123 e. The molecule has 102 valence electrons. The first-order valence-electron chi connectivity index (χ1n) is 6.16. The maximum Gasteiger partial charge on any atom is 0.123 e. The van der Waals surface area contributed by atoms with E-state index >= 15 is 0 Å². The van der Waals surface area contributed by atoms with Crippen LogP contribution in [-0.4, -0.2) is 9.78 Å². The topological polar surface area (TPSA) is 43.8 Å². The maximum absolute atomic E-state index is 13.4. The van der Waals surface area contributed by atoms with Gasteiger partial charge in [-0.15, -0.1) is 0 Å². The van der Waals surface area contributed by atoms with Crippen LogP contribution < -0.4 is 5.73 Å². The van der Waals surface area contributed by atoms with Gasteiger partial charge in [0, 0.05) is 6.04 Å². The van der Waals surface area contributed by atoms with Gasteiger partial charge in [0.15, 0.2) is 0 Å². The van der Waals surface area contributed by atoms with Crippen LogP contribution in [0.15, 0.2) is 24.4 Å². The zero-order valence-corrected chi connectivity index (χ0v) is 11.9. The lowest BCUT2D eigenvalue weighted by atomic mass is 9.99. The van der Waals surface area contributed by atoms with Gasteiger partial charge in [-0.3, -0.25) is 4.68 Å². The lowest BCUT2D eigenvalue weighted by Crippen LogP contribution is -2.20. The SMILES string of the molecule is Cc1ccc(F)cc1C(N)c1c(Cl)cnn1C(C)C. The molecule has 3 nitrogen and oxygen atoms in total. The summed E-state index contributed by atoms with van der Waals surface area (Å²) in [5.74, 6) is -0.303. The van der Waals surface area contributed by atoms with E-state index in [1.54, 1.807) is 16.9 Å². The second kappa shape index (κ2) is 5.31. The molecule has 0 aliphatic rings. The molecule has 1 aromatic heterocycles. The van der Waals surface area contributed by atoms with Gasteiger partial charge in [-0.2, -0.15) is 5.10 Å². The highest BCUT2D eigenvalue weighted by atomic mass is 35.5. The average molecular weight is 282 g/mol. The van der Waals surface area contributed by atoms with Crippen molar-refractivity contribution in [1.29, 1.82) is 0 Å². The second-order valence-electron chi connectivity index (χ2n) is 4.89. The zero-order chi connectivity index (χ0) is 14.2. The van der Waals surface area contributed by atoms with Crippen LogP contribution in [0.4, 0.5) is 4.39 Å². The highest BCUT2D eigenvalue weighted by Gasteiger charge is 2.21. The molecule has 2 aromatic rings. The number of rotatable bonds is 3. The van der Waals surface area contributed by atoms with Gasteiger partial charge in [0.25, 0.3) is 0 Å². The first-order chi connectivity index (χ1) is 8.91. The number of hydrogen-bond acceptors (Lipinski definition) is 2. The Balaban J connectivity index is 2.52. The number of halogens is 2. The van der Waals surface area contributed by atoms with Gasteiger partial charge in [-0.05, 0) is 44.0 Å². The van der Waals surface area contributed by atoms with Crippen LogP contribution in [-0.2, 0) is 0 Å². The largest absolute Gasteiger partial charge is 0.319 e. The molecule has 19 heavy (non-hydrogen) atoms. The number of nitrogens with two attached hydrogens (primary N) is 1. The van der Waals surface area contributed by atoms with Gasteiger partial charge in [-0.1, -0.05) is 17.7 Å². The molecular formula is C14H17ClFN3. The molecule has 0 saturated carbocycles. The summed E-state index contributed by atoms with van der Waals surface area (Å²) in [7, 11) is 0. The summed E-state index contributed by atoms with van der Waals surface area (Å²) < 4.78 is 15.2. The summed E-state index contributed by atoms with van der Waals surface area (Å²) in [6.07, 6.45) is 1.57. The fourth-order valence-electron chi connectivity index (χ4n) is 2.15. The molecule has 1 unspecified atom stereocenters. The van der Waals surface area contributed by atoms with Gasteiger partial charge >= 0.3 is 0 Å². The van der Waals surface area contributed by atoms with Gasteiger partial charge in [0.05, 0.1) is 23.0 Å². The Kier molecular flexibility index (Phi) is 3.92. The van der Waals surface area contributed by atoms with Crippen molar-refractivity contribution in [3.63, 3.8) is 0 Å². The van der Waals surface area contributed by atoms with Crippen molar-refractivity contribution < 1.29 is 4.39 Å². The summed E-state index contributed by atoms with van der Waals surface area (Å²) in [6, 6.07) is 4.24. The highest BCUT2D eigenvalue weighted by Crippen LogP contribution is 2.30. The van der Waals surface area contributed by atoms with Gasteiger partial charge in [0.1, 0.15) is 5.82 Å². The summed E-state index contributed by atoms with van der Waals surface area (Å²) in [5, 5.41) is 4.73. The first-order valence-corrected chi connectivity index (χ1v) is 6.54. The summed E-state index contributed by atoms with van der Waals surface area (Å²) in [4.78, 5) is 0. The molecule has 1 aromatic carbocycles. The Morgan fingerprint density at radius 1 is 1.37 bits per heavy atom. The maximum atomic E-state index is 13.4. The Bertz CT molecular complexity index is 592. The van der Waals surface area contributed by atoms with Gasteiger partial charge < -0.3 is 5.73 Å².